The predicted octanol–water partition coefficient (Wildman–Crippen LogP) is 4.12. The lowest BCUT2D eigenvalue weighted by Gasteiger charge is -2.38. The number of halogens is 1. The fourth-order valence-corrected chi connectivity index (χ4v) is 3.62. The topological polar surface area (TPSA) is 54.9 Å². The van der Waals surface area contributed by atoms with Gasteiger partial charge in [0.1, 0.15) is 5.75 Å². The Hall–Kier alpha value is -1.80. The first kappa shape index (κ1) is 23.5. The lowest BCUT2D eigenvalue weighted by atomic mass is 9.74. The first-order valence-corrected chi connectivity index (χ1v) is 10.0. The van der Waals surface area contributed by atoms with Gasteiger partial charge in [-0.1, -0.05) is 42.5 Å². The summed E-state index contributed by atoms with van der Waals surface area (Å²) >= 11 is 0. The summed E-state index contributed by atoms with van der Waals surface area (Å²) in [5, 5.41) is 6.95. The van der Waals surface area contributed by atoms with E-state index in [0.29, 0.717) is 6.54 Å². The summed E-state index contributed by atoms with van der Waals surface area (Å²) in [5.41, 5.74) is 2.56. The average Bonchev–Trinajstić information content (AvgIpc) is 2.77. The molecule has 5 nitrogen and oxygen atoms in total. The van der Waals surface area contributed by atoms with Crippen molar-refractivity contribution in [1.29, 1.82) is 0 Å². The minimum absolute atomic E-state index is 0. The number of hydrogen-bond donors (Lipinski definition) is 2. The molecule has 0 amide bonds. The molecule has 1 aliphatic heterocycles. The van der Waals surface area contributed by atoms with Gasteiger partial charge in [0.15, 0.2) is 5.96 Å². The molecule has 3 rings (SSSR count). The lowest BCUT2D eigenvalue weighted by molar-refractivity contribution is 0.0513. The standard InChI is InChI=1S/C23H31N3O2.HI/c1-3-24-22(25-17-19-7-5-4-6-8-19)26-18-23(13-15-28-16-14-23)20-9-11-21(27-2)12-10-20;/h4-12H,3,13-18H2,1-2H3,(H2,24,25,26);1H. The summed E-state index contributed by atoms with van der Waals surface area (Å²) in [5.74, 6) is 1.74. The van der Waals surface area contributed by atoms with Crippen LogP contribution < -0.4 is 15.4 Å². The van der Waals surface area contributed by atoms with Gasteiger partial charge in [0.2, 0.25) is 0 Å². The molecule has 0 atom stereocenters. The number of nitrogens with zero attached hydrogens (tertiary/aromatic N) is 1. The fourth-order valence-electron chi connectivity index (χ4n) is 3.62. The van der Waals surface area contributed by atoms with Gasteiger partial charge in [-0.2, -0.15) is 0 Å². The third-order valence-electron chi connectivity index (χ3n) is 5.35. The molecule has 2 aromatic rings. The molecule has 6 heteroatoms. The molecule has 1 fully saturated rings. The Labute approximate surface area is 191 Å². The van der Waals surface area contributed by atoms with Crippen LogP contribution in [0, 0.1) is 0 Å². The van der Waals surface area contributed by atoms with Gasteiger partial charge >= 0.3 is 0 Å². The minimum atomic E-state index is 0. The van der Waals surface area contributed by atoms with Crippen molar-refractivity contribution >= 4 is 29.9 Å². The van der Waals surface area contributed by atoms with Crippen molar-refractivity contribution in [2.75, 3.05) is 33.4 Å². The molecular formula is C23H32IN3O2. The van der Waals surface area contributed by atoms with Crippen LogP contribution in [-0.4, -0.2) is 39.4 Å². The molecule has 2 aromatic carbocycles. The maximum absolute atomic E-state index is 5.65. The molecule has 2 N–H and O–H groups in total. The molecule has 1 heterocycles. The van der Waals surface area contributed by atoms with Crippen molar-refractivity contribution in [3.63, 3.8) is 0 Å². The summed E-state index contributed by atoms with van der Waals surface area (Å²) in [7, 11) is 1.70. The number of methoxy groups -OCH3 is 1. The third kappa shape index (κ3) is 6.60. The number of guanidine groups is 1. The molecule has 158 valence electrons. The van der Waals surface area contributed by atoms with E-state index in [1.165, 1.54) is 11.1 Å². The van der Waals surface area contributed by atoms with Crippen LogP contribution in [0.5, 0.6) is 5.75 Å². The highest BCUT2D eigenvalue weighted by atomic mass is 127. The maximum atomic E-state index is 5.65. The van der Waals surface area contributed by atoms with Crippen LogP contribution in [0.25, 0.3) is 0 Å². The Balaban J connectivity index is 0.00000300. The summed E-state index contributed by atoms with van der Waals surface area (Å²) in [6, 6.07) is 18.8. The largest absolute Gasteiger partial charge is 0.497 e. The second kappa shape index (κ2) is 12.0. The number of nitrogens with one attached hydrogen (secondary N) is 2. The van der Waals surface area contributed by atoms with Crippen molar-refractivity contribution in [3.8, 4) is 5.75 Å². The smallest absolute Gasteiger partial charge is 0.191 e. The van der Waals surface area contributed by atoms with Crippen LogP contribution in [-0.2, 0) is 16.7 Å². The third-order valence-corrected chi connectivity index (χ3v) is 5.35. The molecule has 0 radical (unpaired) electrons. The molecular weight excluding hydrogens is 477 g/mol. The average molecular weight is 509 g/mol. The normalized spacial score (nSPS) is 15.9. The number of hydrogen-bond acceptors (Lipinski definition) is 3. The van der Waals surface area contributed by atoms with E-state index in [0.717, 1.165) is 50.9 Å². The second-order valence-electron chi connectivity index (χ2n) is 7.16. The zero-order valence-corrected chi connectivity index (χ0v) is 19.6. The van der Waals surface area contributed by atoms with E-state index >= 15 is 0 Å². The molecule has 0 saturated carbocycles. The first-order chi connectivity index (χ1) is 13.8. The van der Waals surface area contributed by atoms with Crippen molar-refractivity contribution in [2.24, 2.45) is 4.99 Å². The highest BCUT2D eigenvalue weighted by Crippen LogP contribution is 2.35. The van der Waals surface area contributed by atoms with Crippen LogP contribution in [0.1, 0.15) is 30.9 Å². The van der Waals surface area contributed by atoms with Gasteiger partial charge in [-0.25, -0.2) is 4.99 Å². The van der Waals surface area contributed by atoms with Crippen LogP contribution in [0.4, 0.5) is 0 Å². The van der Waals surface area contributed by atoms with E-state index in [-0.39, 0.29) is 29.4 Å². The number of aliphatic imine (C=N–C) groups is 1. The summed E-state index contributed by atoms with van der Waals surface area (Å²) in [4.78, 5) is 4.76. The Morgan fingerprint density at radius 3 is 2.34 bits per heavy atom. The van der Waals surface area contributed by atoms with Crippen molar-refractivity contribution in [1.82, 2.24) is 10.6 Å². The van der Waals surface area contributed by atoms with Crippen LogP contribution >= 0.6 is 24.0 Å². The quantitative estimate of drug-likeness (QED) is 0.335. The van der Waals surface area contributed by atoms with Crippen molar-refractivity contribution < 1.29 is 9.47 Å². The van der Waals surface area contributed by atoms with Gasteiger partial charge in [-0.15, -0.1) is 24.0 Å². The van der Waals surface area contributed by atoms with E-state index < -0.39 is 0 Å². The number of benzene rings is 2. The lowest BCUT2D eigenvalue weighted by Crippen LogP contribution is -2.48. The zero-order valence-electron chi connectivity index (χ0n) is 17.3. The van der Waals surface area contributed by atoms with Crippen molar-refractivity contribution in [3.05, 3.63) is 65.7 Å². The Bertz CT molecular complexity index is 744. The summed E-state index contributed by atoms with van der Waals surface area (Å²) in [6.07, 6.45) is 1.98. The molecule has 0 aliphatic carbocycles. The highest BCUT2D eigenvalue weighted by molar-refractivity contribution is 14.0. The molecule has 0 unspecified atom stereocenters. The van der Waals surface area contributed by atoms with E-state index in [4.69, 9.17) is 14.5 Å². The van der Waals surface area contributed by atoms with Gasteiger partial charge < -0.3 is 20.1 Å². The van der Waals surface area contributed by atoms with Crippen molar-refractivity contribution in [2.45, 2.75) is 31.7 Å². The van der Waals surface area contributed by atoms with Crippen LogP contribution in [0.3, 0.4) is 0 Å². The van der Waals surface area contributed by atoms with Gasteiger partial charge in [0, 0.05) is 31.7 Å². The van der Waals surface area contributed by atoms with E-state index in [2.05, 4.69) is 41.8 Å². The molecule has 0 bridgehead atoms. The van der Waals surface area contributed by atoms with Gasteiger partial charge in [-0.05, 0) is 43.0 Å². The molecule has 0 aromatic heterocycles. The monoisotopic (exact) mass is 509 g/mol. The molecule has 1 aliphatic rings. The SMILES string of the molecule is CCNC(=NCc1ccccc1)NCC1(c2ccc(OC)cc2)CCOCC1.I. The molecule has 0 spiro atoms. The Morgan fingerprint density at radius 2 is 1.72 bits per heavy atom. The second-order valence-corrected chi connectivity index (χ2v) is 7.16. The number of ether oxygens (including phenoxy) is 2. The predicted molar refractivity (Wildman–Crippen MR) is 129 cm³/mol. The van der Waals surface area contributed by atoms with Gasteiger partial charge in [0.05, 0.1) is 13.7 Å². The minimum Gasteiger partial charge on any atom is -0.497 e. The van der Waals surface area contributed by atoms with Crippen LogP contribution in [0.2, 0.25) is 0 Å². The summed E-state index contributed by atoms with van der Waals surface area (Å²) < 4.78 is 11.0. The molecule has 29 heavy (non-hydrogen) atoms. The number of rotatable bonds is 7. The molecule has 1 saturated heterocycles. The summed E-state index contributed by atoms with van der Waals surface area (Å²) in [6.45, 7) is 5.97. The van der Waals surface area contributed by atoms with E-state index in [1.807, 2.05) is 30.3 Å². The Kier molecular flexibility index (Phi) is 9.73. The van der Waals surface area contributed by atoms with Gasteiger partial charge in [-0.3, -0.25) is 0 Å². The Morgan fingerprint density at radius 1 is 1.03 bits per heavy atom. The van der Waals surface area contributed by atoms with Crippen LogP contribution in [0.15, 0.2) is 59.6 Å². The van der Waals surface area contributed by atoms with E-state index in [9.17, 15) is 0 Å². The van der Waals surface area contributed by atoms with E-state index in [1.54, 1.807) is 7.11 Å². The first-order valence-electron chi connectivity index (χ1n) is 10.0. The zero-order chi connectivity index (χ0) is 19.7. The highest BCUT2D eigenvalue weighted by Gasteiger charge is 2.34. The fraction of sp³-hybridized carbons (Fsp3) is 0.435. The van der Waals surface area contributed by atoms with Gasteiger partial charge in [0.25, 0.3) is 0 Å². The maximum Gasteiger partial charge on any atom is 0.191 e.